The summed E-state index contributed by atoms with van der Waals surface area (Å²) in [7, 11) is 0. The maximum atomic E-state index is 12.6. The van der Waals surface area contributed by atoms with Gasteiger partial charge in [-0.25, -0.2) is 13.6 Å². The van der Waals surface area contributed by atoms with E-state index in [4.69, 9.17) is 10.8 Å². The van der Waals surface area contributed by atoms with E-state index in [0.717, 1.165) is 0 Å². The number of carboxylic acid groups (broad SMARTS) is 1. The first-order valence-corrected chi connectivity index (χ1v) is 4.66. The van der Waals surface area contributed by atoms with Crippen LogP contribution in [0, 0.1) is 0 Å². The molecule has 0 saturated carbocycles. The zero-order chi connectivity index (χ0) is 14.8. The van der Waals surface area contributed by atoms with E-state index in [1.54, 1.807) is 0 Å². The largest absolute Gasteiger partial charge is 0.573 e. The quantitative estimate of drug-likeness (QED) is 0.828. The van der Waals surface area contributed by atoms with Crippen molar-refractivity contribution < 1.29 is 36.6 Å². The van der Waals surface area contributed by atoms with Gasteiger partial charge >= 0.3 is 12.3 Å². The van der Waals surface area contributed by atoms with Crippen LogP contribution in [0.25, 0.3) is 0 Å². The van der Waals surface area contributed by atoms with Gasteiger partial charge in [0.2, 0.25) is 0 Å². The van der Waals surface area contributed by atoms with Crippen molar-refractivity contribution in [3.05, 3.63) is 23.0 Å². The number of alkyl halides is 5. The van der Waals surface area contributed by atoms with Crippen molar-refractivity contribution in [2.45, 2.75) is 19.3 Å². The Bertz CT molecular complexity index is 489. The maximum Gasteiger partial charge on any atom is 0.573 e. The van der Waals surface area contributed by atoms with Crippen LogP contribution in [0.15, 0.2) is 6.20 Å². The number of hydrogen-bond acceptors (Lipinski definition) is 4. The lowest BCUT2D eigenvalue weighted by Crippen LogP contribution is -2.22. The van der Waals surface area contributed by atoms with Crippen molar-refractivity contribution in [3.8, 4) is 5.75 Å². The molecule has 1 rings (SSSR count). The smallest absolute Gasteiger partial charge is 0.477 e. The Morgan fingerprint density at radius 2 is 2.05 bits per heavy atom. The normalized spacial score (nSPS) is 11.7. The summed E-state index contributed by atoms with van der Waals surface area (Å²) in [6, 6.07) is 0. The van der Waals surface area contributed by atoms with Crippen molar-refractivity contribution in [2.75, 3.05) is 0 Å². The third-order valence-corrected chi connectivity index (χ3v) is 2.00. The lowest BCUT2D eigenvalue weighted by atomic mass is 10.1. The predicted molar refractivity (Wildman–Crippen MR) is 50.7 cm³/mol. The molecule has 0 saturated heterocycles. The molecular formula is C9H7F5N2O3. The molecule has 0 radical (unpaired) electrons. The van der Waals surface area contributed by atoms with Gasteiger partial charge in [0, 0.05) is 12.7 Å². The van der Waals surface area contributed by atoms with Gasteiger partial charge in [0.25, 0.3) is 6.43 Å². The molecule has 0 atom stereocenters. The second kappa shape index (κ2) is 5.34. The molecule has 19 heavy (non-hydrogen) atoms. The Kier molecular flexibility index (Phi) is 4.24. The molecule has 0 aliphatic carbocycles. The van der Waals surface area contributed by atoms with Gasteiger partial charge in [0.1, 0.15) is 5.56 Å². The number of halogens is 5. The number of aromatic nitrogens is 1. The summed E-state index contributed by atoms with van der Waals surface area (Å²) in [4.78, 5) is 14.2. The van der Waals surface area contributed by atoms with Crippen molar-refractivity contribution in [3.63, 3.8) is 0 Å². The summed E-state index contributed by atoms with van der Waals surface area (Å²) in [5, 5.41) is 8.79. The summed E-state index contributed by atoms with van der Waals surface area (Å²) in [6.07, 6.45) is -8.30. The standard InChI is InChI=1S/C9H7F5N2O3/c10-7(11)3-2-16-4(1-15)5(8(17)18)6(3)19-9(12,13)14/h2,7H,1,15H2,(H,17,18). The molecule has 0 bridgehead atoms. The fraction of sp³-hybridized carbons (Fsp3) is 0.333. The van der Waals surface area contributed by atoms with Crippen molar-refractivity contribution in [2.24, 2.45) is 5.73 Å². The summed E-state index contributed by atoms with van der Waals surface area (Å²) >= 11 is 0. The summed E-state index contributed by atoms with van der Waals surface area (Å²) in [6.45, 7) is -0.542. The fourth-order valence-corrected chi connectivity index (χ4v) is 1.30. The first kappa shape index (κ1) is 15.1. The number of pyridine rings is 1. The van der Waals surface area contributed by atoms with Crippen molar-refractivity contribution >= 4 is 5.97 Å². The highest BCUT2D eigenvalue weighted by Gasteiger charge is 2.37. The number of rotatable bonds is 4. The van der Waals surface area contributed by atoms with Gasteiger partial charge in [-0.2, -0.15) is 0 Å². The van der Waals surface area contributed by atoms with E-state index >= 15 is 0 Å². The third kappa shape index (κ3) is 3.50. The Labute approximate surface area is 102 Å². The molecule has 0 unspecified atom stereocenters. The van der Waals surface area contributed by atoms with Gasteiger partial charge in [-0.05, 0) is 0 Å². The number of aromatic carboxylic acids is 1. The topological polar surface area (TPSA) is 85.4 Å². The van der Waals surface area contributed by atoms with E-state index in [0.29, 0.717) is 6.20 Å². The van der Waals surface area contributed by atoms with Crippen molar-refractivity contribution in [1.29, 1.82) is 0 Å². The van der Waals surface area contributed by atoms with E-state index in [1.807, 2.05) is 0 Å². The molecule has 0 aliphatic heterocycles. The van der Waals surface area contributed by atoms with Crippen LogP contribution in [0.5, 0.6) is 5.75 Å². The number of nitrogens with zero attached hydrogens (tertiary/aromatic N) is 1. The van der Waals surface area contributed by atoms with Crippen LogP contribution < -0.4 is 10.5 Å². The van der Waals surface area contributed by atoms with Gasteiger partial charge in [-0.3, -0.25) is 4.98 Å². The zero-order valence-electron chi connectivity index (χ0n) is 9.04. The van der Waals surface area contributed by atoms with Gasteiger partial charge in [-0.1, -0.05) is 0 Å². The lowest BCUT2D eigenvalue weighted by molar-refractivity contribution is -0.275. The SMILES string of the molecule is NCc1ncc(C(F)F)c(OC(F)(F)F)c1C(=O)O. The van der Waals surface area contributed by atoms with Crippen LogP contribution in [0.2, 0.25) is 0 Å². The van der Waals surface area contributed by atoms with Crippen LogP contribution in [0.4, 0.5) is 22.0 Å². The fourth-order valence-electron chi connectivity index (χ4n) is 1.30. The van der Waals surface area contributed by atoms with E-state index in [2.05, 4.69) is 9.72 Å². The molecule has 0 aliphatic rings. The average molecular weight is 286 g/mol. The second-order valence-electron chi connectivity index (χ2n) is 3.22. The molecule has 3 N–H and O–H groups in total. The minimum Gasteiger partial charge on any atom is -0.477 e. The third-order valence-electron chi connectivity index (χ3n) is 2.00. The first-order valence-electron chi connectivity index (χ1n) is 4.66. The summed E-state index contributed by atoms with van der Waals surface area (Å²) < 4.78 is 65.0. The lowest BCUT2D eigenvalue weighted by Gasteiger charge is -2.16. The summed E-state index contributed by atoms with van der Waals surface area (Å²) in [5.74, 6) is -3.39. The van der Waals surface area contributed by atoms with Crippen LogP contribution in [0.3, 0.4) is 0 Å². The molecule has 5 nitrogen and oxygen atoms in total. The highest BCUT2D eigenvalue weighted by Crippen LogP contribution is 2.36. The Balaban J connectivity index is 3.53. The minimum absolute atomic E-state index is 0.403. The molecule has 0 spiro atoms. The molecule has 1 aromatic heterocycles. The highest BCUT2D eigenvalue weighted by molar-refractivity contribution is 5.92. The zero-order valence-corrected chi connectivity index (χ0v) is 9.04. The number of ether oxygens (including phenoxy) is 1. The van der Waals surface area contributed by atoms with Gasteiger partial charge in [0.15, 0.2) is 5.75 Å². The van der Waals surface area contributed by atoms with Crippen LogP contribution in [-0.2, 0) is 6.54 Å². The Morgan fingerprint density at radius 3 is 2.42 bits per heavy atom. The average Bonchev–Trinajstić information content (AvgIpc) is 2.25. The molecule has 106 valence electrons. The number of nitrogens with two attached hydrogens (primary N) is 1. The molecular weight excluding hydrogens is 279 g/mol. The van der Waals surface area contributed by atoms with Crippen LogP contribution in [-0.4, -0.2) is 22.4 Å². The molecule has 10 heteroatoms. The molecule has 0 fully saturated rings. The second-order valence-corrected chi connectivity index (χ2v) is 3.22. The van der Waals surface area contributed by atoms with E-state index in [-0.39, 0.29) is 0 Å². The number of carbonyl (C=O) groups is 1. The Hall–Kier alpha value is -1.97. The van der Waals surface area contributed by atoms with E-state index < -0.39 is 47.9 Å². The molecule has 1 heterocycles. The van der Waals surface area contributed by atoms with Crippen molar-refractivity contribution in [1.82, 2.24) is 4.98 Å². The number of carboxylic acids is 1. The van der Waals surface area contributed by atoms with Gasteiger partial charge in [-0.15, -0.1) is 13.2 Å². The highest BCUT2D eigenvalue weighted by atomic mass is 19.4. The van der Waals surface area contributed by atoms with Crippen LogP contribution in [0.1, 0.15) is 28.0 Å². The Morgan fingerprint density at radius 1 is 1.47 bits per heavy atom. The molecule has 0 amide bonds. The predicted octanol–water partition coefficient (Wildman–Crippen LogP) is 2.07. The minimum atomic E-state index is -5.32. The summed E-state index contributed by atoms with van der Waals surface area (Å²) in [5.41, 5.74) is 2.21. The first-order chi connectivity index (χ1) is 8.67. The van der Waals surface area contributed by atoms with E-state index in [1.165, 1.54) is 0 Å². The molecule has 0 aromatic carbocycles. The van der Waals surface area contributed by atoms with Crippen LogP contribution >= 0.6 is 0 Å². The monoisotopic (exact) mass is 286 g/mol. The maximum absolute atomic E-state index is 12.6. The van der Waals surface area contributed by atoms with Gasteiger partial charge in [0.05, 0.1) is 11.3 Å². The molecule has 1 aromatic rings. The van der Waals surface area contributed by atoms with Gasteiger partial charge < -0.3 is 15.6 Å². The number of hydrogen-bond donors (Lipinski definition) is 2. The van der Waals surface area contributed by atoms with E-state index in [9.17, 15) is 26.7 Å².